The van der Waals surface area contributed by atoms with Crippen LogP contribution in [0.4, 0.5) is 0 Å². The number of sulfonamides is 1. The Hall–Kier alpha value is -1.48. The summed E-state index contributed by atoms with van der Waals surface area (Å²) in [5, 5.41) is 2.92. The maximum absolute atomic E-state index is 12.6. The average Bonchev–Trinajstić information content (AvgIpc) is 3.15. The Morgan fingerprint density at radius 3 is 2.60 bits per heavy atom. The van der Waals surface area contributed by atoms with Crippen molar-refractivity contribution in [2.75, 3.05) is 45.9 Å². The standard InChI is InChI=1S/C17H25N3O4S/c21-17(18-13-15-5-4-12-24-15)14-19-8-10-20(11-9-19)25(22,23)16-6-2-1-3-7-16/h1-3,6-7,15H,4-5,8-14H2,(H,18,21)/p+1/t15-/m0/s1. The van der Waals surface area contributed by atoms with Crippen molar-refractivity contribution in [3.8, 4) is 0 Å². The van der Waals surface area contributed by atoms with Crippen LogP contribution < -0.4 is 10.2 Å². The predicted molar refractivity (Wildman–Crippen MR) is 92.7 cm³/mol. The lowest BCUT2D eigenvalue weighted by Gasteiger charge is -2.31. The molecule has 8 heteroatoms. The van der Waals surface area contributed by atoms with E-state index in [1.807, 2.05) is 0 Å². The van der Waals surface area contributed by atoms with E-state index < -0.39 is 10.0 Å². The molecule has 0 unspecified atom stereocenters. The highest BCUT2D eigenvalue weighted by molar-refractivity contribution is 7.89. The summed E-state index contributed by atoms with van der Waals surface area (Å²) in [4.78, 5) is 13.5. The van der Waals surface area contributed by atoms with Gasteiger partial charge >= 0.3 is 0 Å². The van der Waals surface area contributed by atoms with Crippen molar-refractivity contribution in [2.24, 2.45) is 0 Å². The lowest BCUT2D eigenvalue weighted by atomic mass is 10.2. The van der Waals surface area contributed by atoms with Crippen molar-refractivity contribution in [3.05, 3.63) is 30.3 Å². The fraction of sp³-hybridized carbons (Fsp3) is 0.588. The Balaban J connectivity index is 1.44. The summed E-state index contributed by atoms with van der Waals surface area (Å²) in [6.45, 7) is 3.88. The first-order valence-electron chi connectivity index (χ1n) is 8.83. The number of hydrogen-bond acceptors (Lipinski definition) is 4. The molecule has 138 valence electrons. The fourth-order valence-electron chi connectivity index (χ4n) is 3.28. The smallest absolute Gasteiger partial charge is 0.275 e. The molecule has 0 bridgehead atoms. The molecule has 0 aromatic heterocycles. The first-order chi connectivity index (χ1) is 12.1. The summed E-state index contributed by atoms with van der Waals surface area (Å²) in [6, 6.07) is 8.50. The molecule has 0 spiro atoms. The minimum Gasteiger partial charge on any atom is -0.376 e. The van der Waals surface area contributed by atoms with E-state index >= 15 is 0 Å². The molecule has 25 heavy (non-hydrogen) atoms. The third-order valence-corrected chi connectivity index (χ3v) is 6.68. The number of piperazine rings is 1. The number of nitrogens with one attached hydrogen (secondary N) is 2. The Bertz CT molecular complexity index is 666. The molecular weight excluding hydrogens is 342 g/mol. The van der Waals surface area contributed by atoms with Gasteiger partial charge in [0.2, 0.25) is 10.0 Å². The molecule has 1 amide bonds. The van der Waals surface area contributed by atoms with E-state index in [9.17, 15) is 13.2 Å². The lowest BCUT2D eigenvalue weighted by Crippen LogP contribution is -3.15. The molecule has 0 aliphatic carbocycles. The first-order valence-corrected chi connectivity index (χ1v) is 10.3. The van der Waals surface area contributed by atoms with Crippen LogP contribution in [-0.2, 0) is 19.6 Å². The molecule has 2 aliphatic heterocycles. The number of carbonyl (C=O) groups excluding carboxylic acids is 1. The van der Waals surface area contributed by atoms with E-state index in [2.05, 4.69) is 5.32 Å². The minimum atomic E-state index is -3.43. The lowest BCUT2D eigenvalue weighted by molar-refractivity contribution is -0.895. The van der Waals surface area contributed by atoms with Gasteiger partial charge in [-0.3, -0.25) is 4.79 Å². The topological polar surface area (TPSA) is 80.2 Å². The second-order valence-electron chi connectivity index (χ2n) is 6.58. The molecule has 0 radical (unpaired) electrons. The molecule has 2 saturated heterocycles. The van der Waals surface area contributed by atoms with Crippen LogP contribution in [-0.4, -0.2) is 70.6 Å². The average molecular weight is 368 g/mol. The molecule has 1 aromatic rings. The zero-order chi connectivity index (χ0) is 17.7. The monoisotopic (exact) mass is 368 g/mol. The molecule has 1 atom stereocenters. The van der Waals surface area contributed by atoms with E-state index in [4.69, 9.17) is 4.74 Å². The van der Waals surface area contributed by atoms with E-state index in [0.29, 0.717) is 44.2 Å². The van der Waals surface area contributed by atoms with Crippen LogP contribution >= 0.6 is 0 Å². The minimum absolute atomic E-state index is 0.00451. The molecular formula is C17H26N3O4S+. The van der Waals surface area contributed by atoms with Gasteiger partial charge < -0.3 is 15.0 Å². The Morgan fingerprint density at radius 1 is 1.24 bits per heavy atom. The van der Waals surface area contributed by atoms with Crippen LogP contribution in [0, 0.1) is 0 Å². The zero-order valence-corrected chi connectivity index (χ0v) is 15.1. The number of nitrogens with zero attached hydrogens (tertiary/aromatic N) is 1. The van der Waals surface area contributed by atoms with Gasteiger partial charge in [0.1, 0.15) is 0 Å². The second-order valence-corrected chi connectivity index (χ2v) is 8.52. The zero-order valence-electron chi connectivity index (χ0n) is 14.3. The summed E-state index contributed by atoms with van der Waals surface area (Å²) in [5.41, 5.74) is 0. The third-order valence-electron chi connectivity index (χ3n) is 4.77. The van der Waals surface area contributed by atoms with Crippen molar-refractivity contribution >= 4 is 15.9 Å². The highest BCUT2D eigenvalue weighted by Gasteiger charge is 2.31. The third kappa shape index (κ3) is 4.78. The van der Waals surface area contributed by atoms with E-state index in [1.54, 1.807) is 30.3 Å². The predicted octanol–water partition coefficient (Wildman–Crippen LogP) is -1.13. The molecule has 2 heterocycles. The molecule has 0 saturated carbocycles. The molecule has 3 rings (SSSR count). The van der Waals surface area contributed by atoms with E-state index in [-0.39, 0.29) is 12.0 Å². The summed E-state index contributed by atoms with van der Waals surface area (Å²) in [6.07, 6.45) is 2.21. The Morgan fingerprint density at radius 2 is 1.96 bits per heavy atom. The van der Waals surface area contributed by atoms with Crippen LogP contribution in [0.25, 0.3) is 0 Å². The molecule has 2 N–H and O–H groups in total. The number of rotatable bonds is 6. The molecule has 1 aromatic carbocycles. The van der Waals surface area contributed by atoms with Crippen molar-refractivity contribution < 1.29 is 22.8 Å². The van der Waals surface area contributed by atoms with Crippen molar-refractivity contribution in [3.63, 3.8) is 0 Å². The van der Waals surface area contributed by atoms with Crippen LogP contribution in [0.15, 0.2) is 35.2 Å². The van der Waals surface area contributed by atoms with Crippen molar-refractivity contribution in [2.45, 2.75) is 23.8 Å². The van der Waals surface area contributed by atoms with Crippen LogP contribution in [0.3, 0.4) is 0 Å². The van der Waals surface area contributed by atoms with Gasteiger partial charge in [0.25, 0.3) is 5.91 Å². The van der Waals surface area contributed by atoms with Gasteiger partial charge in [-0.1, -0.05) is 18.2 Å². The van der Waals surface area contributed by atoms with Gasteiger partial charge in [-0.05, 0) is 25.0 Å². The van der Waals surface area contributed by atoms with Crippen LogP contribution in [0.5, 0.6) is 0 Å². The van der Waals surface area contributed by atoms with Gasteiger partial charge in [0.05, 0.1) is 37.2 Å². The van der Waals surface area contributed by atoms with Crippen molar-refractivity contribution in [1.82, 2.24) is 9.62 Å². The molecule has 2 aliphatic rings. The Kier molecular flexibility index (Phi) is 6.06. The molecule has 2 fully saturated rings. The second kappa shape index (κ2) is 8.27. The number of quaternary nitrogens is 1. The highest BCUT2D eigenvalue weighted by atomic mass is 32.2. The van der Waals surface area contributed by atoms with Crippen LogP contribution in [0.2, 0.25) is 0 Å². The largest absolute Gasteiger partial charge is 0.376 e. The summed E-state index contributed by atoms with van der Waals surface area (Å²) in [5.74, 6) is 0.00451. The summed E-state index contributed by atoms with van der Waals surface area (Å²) < 4.78 is 32.2. The SMILES string of the molecule is O=C(C[NH+]1CCN(S(=O)(=O)c2ccccc2)CC1)NC[C@@H]1CCCO1. The van der Waals surface area contributed by atoms with Crippen molar-refractivity contribution in [1.29, 1.82) is 0 Å². The molecule has 7 nitrogen and oxygen atoms in total. The highest BCUT2D eigenvalue weighted by Crippen LogP contribution is 2.14. The number of benzene rings is 1. The normalized spacial score (nSPS) is 22.8. The Labute approximate surface area is 149 Å². The number of carbonyl (C=O) groups is 1. The maximum atomic E-state index is 12.6. The quantitative estimate of drug-likeness (QED) is 0.666. The van der Waals surface area contributed by atoms with E-state index in [0.717, 1.165) is 24.3 Å². The van der Waals surface area contributed by atoms with Gasteiger partial charge in [0, 0.05) is 13.2 Å². The number of amides is 1. The van der Waals surface area contributed by atoms with E-state index in [1.165, 1.54) is 4.31 Å². The summed E-state index contributed by atoms with van der Waals surface area (Å²) >= 11 is 0. The number of hydrogen-bond donors (Lipinski definition) is 2. The van der Waals surface area contributed by atoms with Gasteiger partial charge in [-0.2, -0.15) is 4.31 Å². The van der Waals surface area contributed by atoms with Gasteiger partial charge in [-0.25, -0.2) is 8.42 Å². The number of ether oxygens (including phenoxy) is 1. The fourth-order valence-corrected chi connectivity index (χ4v) is 4.75. The maximum Gasteiger partial charge on any atom is 0.275 e. The first kappa shape index (κ1) is 18.3. The summed E-state index contributed by atoms with van der Waals surface area (Å²) in [7, 11) is -3.43. The van der Waals surface area contributed by atoms with Gasteiger partial charge in [0.15, 0.2) is 6.54 Å². The van der Waals surface area contributed by atoms with Gasteiger partial charge in [-0.15, -0.1) is 0 Å². The van der Waals surface area contributed by atoms with Crippen LogP contribution in [0.1, 0.15) is 12.8 Å².